The molecule has 2 aromatic carbocycles. The third kappa shape index (κ3) is 2.59. The highest BCUT2D eigenvalue weighted by molar-refractivity contribution is 7.80. The maximum atomic E-state index is 12.6. The molecule has 2 aromatic rings. The van der Waals surface area contributed by atoms with Gasteiger partial charge in [0.25, 0.3) is 0 Å². The molecule has 0 radical (unpaired) electrons. The second kappa shape index (κ2) is 5.74. The Bertz CT molecular complexity index is 684. The van der Waals surface area contributed by atoms with Gasteiger partial charge in [-0.05, 0) is 24.6 Å². The van der Waals surface area contributed by atoms with Crippen molar-refractivity contribution in [1.82, 2.24) is 0 Å². The van der Waals surface area contributed by atoms with Crippen LogP contribution in [0.25, 0.3) is 0 Å². The number of thiol groups is 1. The van der Waals surface area contributed by atoms with Crippen LogP contribution in [0.5, 0.6) is 0 Å². The van der Waals surface area contributed by atoms with Gasteiger partial charge in [-0.25, -0.2) is 0 Å². The van der Waals surface area contributed by atoms with Gasteiger partial charge in [-0.15, -0.1) is 12.6 Å². The van der Waals surface area contributed by atoms with Crippen molar-refractivity contribution in [2.45, 2.75) is 11.3 Å². The molecule has 3 nitrogen and oxygen atoms in total. The summed E-state index contributed by atoms with van der Waals surface area (Å²) in [5, 5.41) is 0. The largest absolute Gasteiger partial charge is 0.312 e. The van der Waals surface area contributed by atoms with Crippen molar-refractivity contribution in [2.24, 2.45) is 5.92 Å². The van der Waals surface area contributed by atoms with Gasteiger partial charge in [0, 0.05) is 22.7 Å². The maximum absolute atomic E-state index is 12.6. The molecule has 0 aromatic heterocycles. The van der Waals surface area contributed by atoms with E-state index in [0.717, 1.165) is 5.69 Å². The van der Waals surface area contributed by atoms with Crippen LogP contribution in [-0.2, 0) is 4.79 Å². The van der Waals surface area contributed by atoms with Gasteiger partial charge >= 0.3 is 0 Å². The molecule has 106 valence electrons. The number of carbonyl (C=O) groups excluding carboxylic acids is 2. The highest BCUT2D eigenvalue weighted by Gasteiger charge is 2.38. The molecule has 4 heteroatoms. The molecule has 0 saturated carbocycles. The first-order chi connectivity index (χ1) is 10.2. The van der Waals surface area contributed by atoms with Crippen LogP contribution in [-0.4, -0.2) is 18.2 Å². The third-order valence-electron chi connectivity index (χ3n) is 3.76. The fraction of sp³-hybridized carbons (Fsp3) is 0.176. The number of hydrogen-bond donors (Lipinski definition) is 1. The molecule has 1 fully saturated rings. The molecule has 0 N–H and O–H groups in total. The molecule has 1 aliphatic heterocycles. The van der Waals surface area contributed by atoms with Gasteiger partial charge in [-0.2, -0.15) is 0 Å². The van der Waals surface area contributed by atoms with Gasteiger partial charge in [-0.1, -0.05) is 36.4 Å². The first kappa shape index (κ1) is 13.9. The number of rotatable bonds is 3. The smallest absolute Gasteiger partial charge is 0.238 e. The number of hydrogen-bond acceptors (Lipinski definition) is 3. The molecule has 3 rings (SSSR count). The quantitative estimate of drug-likeness (QED) is 0.536. The van der Waals surface area contributed by atoms with Crippen molar-refractivity contribution < 1.29 is 9.59 Å². The van der Waals surface area contributed by atoms with Crippen molar-refractivity contribution >= 4 is 30.0 Å². The Morgan fingerprint density at radius 3 is 2.43 bits per heavy atom. The molecule has 21 heavy (non-hydrogen) atoms. The number of anilines is 1. The predicted molar refractivity (Wildman–Crippen MR) is 84.9 cm³/mol. The summed E-state index contributed by atoms with van der Waals surface area (Å²) in [6, 6.07) is 16.6. The molecular formula is C17H15NO2S. The molecule has 0 aliphatic carbocycles. The normalized spacial score (nSPS) is 18.0. The van der Waals surface area contributed by atoms with Crippen LogP contribution in [0.1, 0.15) is 16.8 Å². The molecule has 0 bridgehead atoms. The van der Waals surface area contributed by atoms with Crippen molar-refractivity contribution in [2.75, 3.05) is 11.4 Å². The number of carbonyl (C=O) groups is 2. The Morgan fingerprint density at radius 1 is 1.05 bits per heavy atom. The van der Waals surface area contributed by atoms with Gasteiger partial charge < -0.3 is 4.90 Å². The van der Waals surface area contributed by atoms with Crippen LogP contribution in [0.3, 0.4) is 0 Å². The lowest BCUT2D eigenvalue weighted by Gasteiger charge is -2.16. The minimum Gasteiger partial charge on any atom is -0.312 e. The SMILES string of the molecule is O=C(c1ccccc1S)C1CCN(c2ccccc2)C1=O. The molecular weight excluding hydrogens is 282 g/mol. The summed E-state index contributed by atoms with van der Waals surface area (Å²) >= 11 is 4.31. The molecule has 1 aliphatic rings. The summed E-state index contributed by atoms with van der Waals surface area (Å²) in [7, 11) is 0. The fourth-order valence-corrected chi connectivity index (χ4v) is 2.93. The highest BCUT2D eigenvalue weighted by atomic mass is 32.1. The van der Waals surface area contributed by atoms with E-state index in [1.165, 1.54) is 0 Å². The third-order valence-corrected chi connectivity index (χ3v) is 4.15. The Kier molecular flexibility index (Phi) is 3.80. The minimum atomic E-state index is -0.599. The van der Waals surface area contributed by atoms with Crippen molar-refractivity contribution in [1.29, 1.82) is 0 Å². The molecule has 1 unspecified atom stereocenters. The van der Waals surface area contributed by atoms with Gasteiger partial charge in [0.15, 0.2) is 5.78 Å². The average molecular weight is 297 g/mol. The Hall–Kier alpha value is -2.07. The molecule has 1 amide bonds. The second-order valence-electron chi connectivity index (χ2n) is 5.05. The molecule has 1 heterocycles. The van der Waals surface area contributed by atoms with Gasteiger partial charge in [-0.3, -0.25) is 9.59 Å². The van der Waals surface area contributed by atoms with Gasteiger partial charge in [0.05, 0.1) is 0 Å². The molecule has 1 saturated heterocycles. The summed E-state index contributed by atoms with van der Waals surface area (Å²) in [6.45, 7) is 0.577. The number of benzene rings is 2. The monoisotopic (exact) mass is 297 g/mol. The summed E-state index contributed by atoms with van der Waals surface area (Å²) in [6.07, 6.45) is 0.550. The first-order valence-corrected chi connectivity index (χ1v) is 7.32. The lowest BCUT2D eigenvalue weighted by Crippen LogP contribution is -2.30. The number of Topliss-reactive ketones (excluding diaryl/α,β-unsaturated/α-hetero) is 1. The first-order valence-electron chi connectivity index (χ1n) is 6.87. The number of para-hydroxylation sites is 1. The van der Waals surface area contributed by atoms with Crippen LogP contribution < -0.4 is 4.90 Å². The van der Waals surface area contributed by atoms with E-state index in [9.17, 15) is 9.59 Å². The number of amides is 1. The van der Waals surface area contributed by atoms with Crippen LogP contribution in [0.15, 0.2) is 59.5 Å². The second-order valence-corrected chi connectivity index (χ2v) is 5.53. The highest BCUT2D eigenvalue weighted by Crippen LogP contribution is 2.28. The minimum absolute atomic E-state index is 0.122. The topological polar surface area (TPSA) is 37.4 Å². The van der Waals surface area contributed by atoms with E-state index in [2.05, 4.69) is 12.6 Å². The van der Waals surface area contributed by atoms with E-state index in [-0.39, 0.29) is 11.7 Å². The Morgan fingerprint density at radius 2 is 1.71 bits per heavy atom. The summed E-state index contributed by atoms with van der Waals surface area (Å²) in [5.74, 6) is -0.856. The van der Waals surface area contributed by atoms with Gasteiger partial charge in [0.2, 0.25) is 5.91 Å². The lowest BCUT2D eigenvalue weighted by molar-refractivity contribution is -0.119. The number of ketones is 1. The van der Waals surface area contributed by atoms with Crippen LogP contribution in [0, 0.1) is 5.92 Å². The fourth-order valence-electron chi connectivity index (χ4n) is 2.66. The van der Waals surface area contributed by atoms with E-state index in [1.54, 1.807) is 23.1 Å². The summed E-state index contributed by atoms with van der Waals surface area (Å²) in [4.78, 5) is 27.4. The summed E-state index contributed by atoms with van der Waals surface area (Å²) in [5.41, 5.74) is 1.37. The van der Waals surface area contributed by atoms with Crippen LogP contribution in [0.2, 0.25) is 0 Å². The number of nitrogens with zero attached hydrogens (tertiary/aromatic N) is 1. The zero-order valence-corrected chi connectivity index (χ0v) is 12.3. The zero-order chi connectivity index (χ0) is 14.8. The van der Waals surface area contributed by atoms with Crippen molar-refractivity contribution in [3.05, 3.63) is 60.2 Å². The zero-order valence-electron chi connectivity index (χ0n) is 11.4. The standard InChI is InChI=1S/C17H15NO2S/c19-16(13-8-4-5-9-15(13)21)14-10-11-18(17(14)20)12-6-2-1-3-7-12/h1-9,14,21H,10-11H2. The Balaban J connectivity index is 1.84. The van der Waals surface area contributed by atoms with Crippen molar-refractivity contribution in [3.63, 3.8) is 0 Å². The molecule has 1 atom stereocenters. The van der Waals surface area contributed by atoms with E-state index >= 15 is 0 Å². The van der Waals surface area contributed by atoms with E-state index in [4.69, 9.17) is 0 Å². The van der Waals surface area contributed by atoms with E-state index < -0.39 is 5.92 Å². The van der Waals surface area contributed by atoms with Crippen LogP contribution >= 0.6 is 12.6 Å². The molecule has 0 spiro atoms. The Labute approximate surface area is 129 Å². The predicted octanol–water partition coefficient (Wildman–Crippen LogP) is 3.21. The van der Waals surface area contributed by atoms with Gasteiger partial charge in [0.1, 0.15) is 5.92 Å². The van der Waals surface area contributed by atoms with Crippen molar-refractivity contribution in [3.8, 4) is 0 Å². The average Bonchev–Trinajstić information content (AvgIpc) is 2.90. The van der Waals surface area contributed by atoms with E-state index in [1.807, 2.05) is 36.4 Å². The van der Waals surface area contributed by atoms with E-state index in [0.29, 0.717) is 23.4 Å². The van der Waals surface area contributed by atoms with Crippen LogP contribution in [0.4, 0.5) is 5.69 Å². The lowest BCUT2D eigenvalue weighted by atomic mass is 9.96. The summed E-state index contributed by atoms with van der Waals surface area (Å²) < 4.78 is 0. The maximum Gasteiger partial charge on any atom is 0.238 e.